The number of Topliss-reactive ketones (excluding diaryl/α,β-unsaturated/α-hetero) is 1. The van der Waals surface area contributed by atoms with Gasteiger partial charge in [0.1, 0.15) is 21.9 Å². The van der Waals surface area contributed by atoms with Crippen molar-refractivity contribution in [3.05, 3.63) is 21.1 Å². The van der Waals surface area contributed by atoms with E-state index in [-0.39, 0.29) is 11.4 Å². The van der Waals surface area contributed by atoms with Crippen molar-refractivity contribution in [3.8, 4) is 0 Å². The molecule has 0 spiro atoms. The van der Waals surface area contributed by atoms with Crippen LogP contribution < -0.4 is 4.72 Å². The number of hydrogen-bond donors (Lipinski definition) is 2. The van der Waals surface area contributed by atoms with E-state index in [1.54, 1.807) is 5.38 Å². The molecule has 2 rings (SSSR count). The topological polar surface area (TPSA) is 109 Å². The first-order chi connectivity index (χ1) is 8.41. The normalized spacial score (nSPS) is 17.7. The third-order valence-electron chi connectivity index (χ3n) is 1.87. The molecule has 1 aliphatic heterocycles. The molecule has 96 valence electrons. The molecule has 1 aliphatic rings. The van der Waals surface area contributed by atoms with E-state index in [4.69, 9.17) is 5.11 Å². The lowest BCUT2D eigenvalue weighted by molar-refractivity contribution is -0.115. The summed E-state index contributed by atoms with van der Waals surface area (Å²) in [5.74, 6) is -0.770. The first-order valence-electron chi connectivity index (χ1n) is 4.51. The van der Waals surface area contributed by atoms with Crippen LogP contribution in [-0.2, 0) is 15.0 Å². The minimum atomic E-state index is -3.99. The fraction of sp³-hybridized carbons (Fsp3) is 0.125. The van der Waals surface area contributed by atoms with Crippen LogP contribution in [-0.4, -0.2) is 36.6 Å². The number of rotatable bonds is 3. The number of carbonyl (C=O) groups excluding carboxylic acids is 1. The lowest BCUT2D eigenvalue weighted by Gasteiger charge is -2.12. The van der Waals surface area contributed by atoms with Gasteiger partial charge < -0.3 is 5.11 Å². The van der Waals surface area contributed by atoms with Crippen molar-refractivity contribution >= 4 is 54.7 Å². The van der Waals surface area contributed by atoms with Gasteiger partial charge in [0.05, 0.1) is 5.70 Å². The maximum Gasteiger partial charge on any atom is 0.343 e. The molecule has 0 saturated heterocycles. The van der Waals surface area contributed by atoms with Crippen LogP contribution in [0, 0.1) is 0 Å². The quantitative estimate of drug-likeness (QED) is 0.802. The summed E-state index contributed by atoms with van der Waals surface area (Å²) >= 11 is 4.34. The van der Waals surface area contributed by atoms with Gasteiger partial charge in [0, 0.05) is 5.38 Å². The number of thiazole rings is 1. The number of aliphatic hydroxyl groups is 1. The lowest BCUT2D eigenvalue weighted by atomic mass is 10.2. The van der Waals surface area contributed by atoms with Crippen molar-refractivity contribution < 1.29 is 18.3 Å². The zero-order chi connectivity index (χ0) is 13.3. The van der Waals surface area contributed by atoms with E-state index in [2.05, 4.69) is 30.0 Å². The Morgan fingerprint density at radius 3 is 2.83 bits per heavy atom. The predicted octanol–water partition coefficient (Wildman–Crippen LogP) is 0.0969. The van der Waals surface area contributed by atoms with Gasteiger partial charge in [0.25, 0.3) is 0 Å². The van der Waals surface area contributed by atoms with Crippen LogP contribution in [0.2, 0.25) is 0 Å². The van der Waals surface area contributed by atoms with Gasteiger partial charge in [-0.25, -0.2) is 4.98 Å². The van der Waals surface area contributed by atoms with E-state index in [1.807, 2.05) is 0 Å². The first kappa shape index (κ1) is 13.3. The number of hydrogen-bond acceptors (Lipinski definition) is 6. The molecular weight excluding hydrogens is 346 g/mol. The standard InChI is InChI=1S/C8H6BrN3O4S2/c9-7-3-17-8(10-7)5-1-4(6(14)2-13)11-18(15,16)12-5/h1,3,12-13H,2H2. The van der Waals surface area contributed by atoms with Crippen LogP contribution in [0.5, 0.6) is 0 Å². The molecular formula is C8H6BrN3O4S2. The largest absolute Gasteiger partial charge is 0.388 e. The Morgan fingerprint density at radius 2 is 2.28 bits per heavy atom. The summed E-state index contributed by atoms with van der Waals surface area (Å²) in [7, 11) is -3.99. The molecule has 0 amide bonds. The Morgan fingerprint density at radius 1 is 1.56 bits per heavy atom. The third kappa shape index (κ3) is 2.83. The van der Waals surface area contributed by atoms with Crippen LogP contribution in [0.3, 0.4) is 0 Å². The highest BCUT2D eigenvalue weighted by Crippen LogP contribution is 2.23. The SMILES string of the molecule is O=C(CO)C1=NS(=O)(=O)NC(c2nc(Br)cs2)=C1. The van der Waals surface area contributed by atoms with Gasteiger partial charge in [-0.3, -0.25) is 9.52 Å². The molecule has 0 fully saturated rings. The van der Waals surface area contributed by atoms with Crippen molar-refractivity contribution in [1.82, 2.24) is 9.71 Å². The number of nitrogens with one attached hydrogen (secondary N) is 1. The molecule has 0 saturated carbocycles. The molecule has 0 unspecified atom stereocenters. The summed E-state index contributed by atoms with van der Waals surface area (Å²) in [5, 5.41) is 10.8. The number of allylic oxidation sites excluding steroid dienone is 1. The molecule has 7 nitrogen and oxygen atoms in total. The highest BCUT2D eigenvalue weighted by molar-refractivity contribution is 9.10. The molecule has 0 bridgehead atoms. The molecule has 0 atom stereocenters. The number of nitrogens with zero attached hydrogens (tertiary/aromatic N) is 2. The Kier molecular flexibility index (Phi) is 3.61. The van der Waals surface area contributed by atoms with E-state index in [0.717, 1.165) is 0 Å². The van der Waals surface area contributed by atoms with Crippen LogP contribution in [0.15, 0.2) is 20.5 Å². The maximum atomic E-state index is 11.5. The first-order valence-corrected chi connectivity index (χ1v) is 7.62. The monoisotopic (exact) mass is 351 g/mol. The maximum absolute atomic E-state index is 11.5. The van der Waals surface area contributed by atoms with Gasteiger partial charge in [0.2, 0.25) is 5.78 Å². The molecule has 0 radical (unpaired) electrons. The van der Waals surface area contributed by atoms with Crippen LogP contribution in [0.4, 0.5) is 0 Å². The average molecular weight is 352 g/mol. The highest BCUT2D eigenvalue weighted by atomic mass is 79.9. The molecule has 2 N–H and O–H groups in total. The van der Waals surface area contributed by atoms with E-state index < -0.39 is 22.6 Å². The Bertz CT molecular complexity index is 662. The fourth-order valence-corrected chi connectivity index (χ4v) is 3.36. The van der Waals surface area contributed by atoms with Crippen LogP contribution in [0.1, 0.15) is 5.01 Å². The summed E-state index contributed by atoms with van der Waals surface area (Å²) in [6.07, 6.45) is 1.24. The van der Waals surface area contributed by atoms with E-state index in [1.165, 1.54) is 17.4 Å². The number of carbonyl (C=O) groups is 1. The van der Waals surface area contributed by atoms with Crippen molar-refractivity contribution in [1.29, 1.82) is 0 Å². The van der Waals surface area contributed by atoms with Gasteiger partial charge in [-0.05, 0) is 22.0 Å². The van der Waals surface area contributed by atoms with Gasteiger partial charge >= 0.3 is 10.2 Å². The third-order valence-corrected chi connectivity index (χ3v) is 4.37. The second kappa shape index (κ2) is 4.88. The Hall–Kier alpha value is -1.10. The number of ketones is 1. The molecule has 0 aromatic carbocycles. The smallest absolute Gasteiger partial charge is 0.343 e. The van der Waals surface area contributed by atoms with Crippen LogP contribution in [0.25, 0.3) is 5.70 Å². The van der Waals surface area contributed by atoms with Gasteiger partial charge in [0.15, 0.2) is 0 Å². The number of aliphatic hydroxyl groups excluding tert-OH is 1. The average Bonchev–Trinajstić information content (AvgIpc) is 2.72. The minimum Gasteiger partial charge on any atom is -0.388 e. The fourth-order valence-electron chi connectivity index (χ4n) is 1.18. The van der Waals surface area contributed by atoms with E-state index in [9.17, 15) is 13.2 Å². The summed E-state index contributed by atoms with van der Waals surface area (Å²) in [6.45, 7) is -0.806. The highest BCUT2D eigenvalue weighted by Gasteiger charge is 2.24. The van der Waals surface area contributed by atoms with Gasteiger partial charge in [-0.15, -0.1) is 15.7 Å². The Balaban J connectivity index is 2.47. The molecule has 0 aliphatic carbocycles. The summed E-state index contributed by atoms with van der Waals surface area (Å²) in [4.78, 5) is 15.3. The minimum absolute atomic E-state index is 0.150. The second-order valence-corrected chi connectivity index (χ2v) is 6.18. The molecule has 1 aromatic rings. The van der Waals surface area contributed by atoms with Crippen molar-refractivity contribution in [2.24, 2.45) is 4.40 Å². The second-order valence-electron chi connectivity index (χ2n) is 3.17. The molecule has 18 heavy (non-hydrogen) atoms. The van der Waals surface area contributed by atoms with Crippen molar-refractivity contribution in [2.75, 3.05) is 6.61 Å². The van der Waals surface area contributed by atoms with Crippen LogP contribution >= 0.6 is 27.3 Å². The van der Waals surface area contributed by atoms with E-state index >= 15 is 0 Å². The zero-order valence-electron chi connectivity index (χ0n) is 8.62. The van der Waals surface area contributed by atoms with Gasteiger partial charge in [-0.1, -0.05) is 0 Å². The van der Waals surface area contributed by atoms with E-state index in [0.29, 0.717) is 9.61 Å². The Labute approximate surface area is 115 Å². The number of aromatic nitrogens is 1. The summed E-state index contributed by atoms with van der Waals surface area (Å²) < 4.78 is 28.9. The zero-order valence-corrected chi connectivity index (χ0v) is 11.8. The van der Waals surface area contributed by atoms with Crippen molar-refractivity contribution in [3.63, 3.8) is 0 Å². The predicted molar refractivity (Wildman–Crippen MR) is 69.4 cm³/mol. The molecule has 2 heterocycles. The van der Waals surface area contributed by atoms with Gasteiger partial charge in [-0.2, -0.15) is 8.42 Å². The van der Waals surface area contributed by atoms with Crippen molar-refractivity contribution in [2.45, 2.75) is 0 Å². The molecule has 1 aromatic heterocycles. The number of halogens is 1. The molecule has 10 heteroatoms. The summed E-state index contributed by atoms with van der Waals surface area (Å²) in [6, 6.07) is 0. The lowest BCUT2D eigenvalue weighted by Crippen LogP contribution is -2.29. The summed E-state index contributed by atoms with van der Waals surface area (Å²) in [5.41, 5.74) is -0.171.